The first-order valence-corrected chi connectivity index (χ1v) is 13.1. The summed E-state index contributed by atoms with van der Waals surface area (Å²) in [6.45, 7) is 2.89. The Hall–Kier alpha value is -3.33. The number of likely N-dealkylation sites (tertiary alicyclic amines) is 1. The minimum atomic E-state index is -1.01. The number of benzene rings is 2. The van der Waals surface area contributed by atoms with Crippen LogP contribution in [0.15, 0.2) is 65.3 Å². The summed E-state index contributed by atoms with van der Waals surface area (Å²) in [7, 11) is 0. The maximum atomic E-state index is 13.8. The highest BCUT2D eigenvalue weighted by molar-refractivity contribution is 6.42. The van der Waals surface area contributed by atoms with Crippen molar-refractivity contribution >= 4 is 40.9 Å². The number of hydrogen-bond acceptors (Lipinski definition) is 5. The van der Waals surface area contributed by atoms with Crippen molar-refractivity contribution < 1.29 is 23.5 Å². The van der Waals surface area contributed by atoms with Gasteiger partial charge < -0.3 is 19.4 Å². The number of furan rings is 1. The predicted molar refractivity (Wildman–Crippen MR) is 142 cm³/mol. The van der Waals surface area contributed by atoms with E-state index in [1.54, 1.807) is 52.3 Å². The molecule has 1 atom stereocenters. The molecule has 2 saturated heterocycles. The third kappa shape index (κ3) is 5.16. The van der Waals surface area contributed by atoms with E-state index in [9.17, 15) is 14.4 Å². The average molecular weight is 556 g/mol. The predicted octanol–water partition coefficient (Wildman–Crippen LogP) is 4.68. The summed E-state index contributed by atoms with van der Waals surface area (Å²) in [6, 6.07) is 14.7. The molecular weight excluding hydrogens is 529 g/mol. The maximum absolute atomic E-state index is 13.8. The Morgan fingerprint density at radius 1 is 0.974 bits per heavy atom. The quantitative estimate of drug-likeness (QED) is 0.493. The Labute approximate surface area is 230 Å². The number of amides is 3. The zero-order valence-corrected chi connectivity index (χ0v) is 22.3. The van der Waals surface area contributed by atoms with Crippen LogP contribution in [0.4, 0.5) is 0 Å². The third-order valence-corrected chi connectivity index (χ3v) is 7.84. The lowest BCUT2D eigenvalue weighted by molar-refractivity contribution is -0.128. The molecule has 0 aliphatic carbocycles. The van der Waals surface area contributed by atoms with E-state index < -0.39 is 11.8 Å². The van der Waals surface area contributed by atoms with E-state index >= 15 is 0 Å². The molecule has 0 bridgehead atoms. The molecule has 2 aliphatic heterocycles. The number of carbonyl (C=O) groups is 3. The molecule has 38 heavy (non-hydrogen) atoms. The van der Waals surface area contributed by atoms with E-state index in [0.29, 0.717) is 52.9 Å². The minimum absolute atomic E-state index is 0.0579. The van der Waals surface area contributed by atoms with Gasteiger partial charge in [0, 0.05) is 37.1 Å². The normalized spacial score (nSPS) is 18.6. The van der Waals surface area contributed by atoms with Crippen LogP contribution in [0.5, 0.6) is 0 Å². The first-order chi connectivity index (χ1) is 18.3. The molecule has 198 valence electrons. The molecular formula is C28H27Cl2N3O5. The lowest BCUT2D eigenvalue weighted by Gasteiger charge is -2.44. The van der Waals surface area contributed by atoms with Gasteiger partial charge in [0.05, 0.1) is 29.5 Å². The van der Waals surface area contributed by atoms with Crippen LogP contribution in [0.1, 0.15) is 44.9 Å². The molecule has 8 nitrogen and oxygen atoms in total. The topological polar surface area (TPSA) is 92.1 Å². The van der Waals surface area contributed by atoms with E-state index in [4.69, 9.17) is 32.4 Å². The monoisotopic (exact) mass is 555 g/mol. The zero-order chi connectivity index (χ0) is 26.9. The smallest absolute Gasteiger partial charge is 0.256 e. The molecule has 1 aromatic heterocycles. The van der Waals surface area contributed by atoms with E-state index in [-0.39, 0.29) is 30.9 Å². The van der Waals surface area contributed by atoms with Crippen LogP contribution in [-0.2, 0) is 16.1 Å². The number of nitrogens with one attached hydrogen (secondary N) is 1. The summed E-state index contributed by atoms with van der Waals surface area (Å²) in [5, 5.41) is 3.54. The first-order valence-electron chi connectivity index (χ1n) is 12.4. The average Bonchev–Trinajstić information content (AvgIpc) is 3.57. The van der Waals surface area contributed by atoms with Crippen molar-refractivity contribution in [1.29, 1.82) is 0 Å². The summed E-state index contributed by atoms with van der Waals surface area (Å²) in [4.78, 5) is 43.5. The maximum Gasteiger partial charge on any atom is 0.256 e. The molecule has 0 saturated carbocycles. The van der Waals surface area contributed by atoms with Gasteiger partial charge in [0.1, 0.15) is 17.5 Å². The Bertz CT molecular complexity index is 1340. The van der Waals surface area contributed by atoms with Crippen molar-refractivity contribution in [2.45, 2.75) is 38.1 Å². The molecule has 0 radical (unpaired) electrons. The molecule has 3 amide bonds. The van der Waals surface area contributed by atoms with Gasteiger partial charge in [-0.3, -0.25) is 19.3 Å². The Kier molecular flexibility index (Phi) is 7.47. The van der Waals surface area contributed by atoms with Gasteiger partial charge in [0.15, 0.2) is 0 Å². The van der Waals surface area contributed by atoms with Gasteiger partial charge in [0.25, 0.3) is 11.8 Å². The molecule has 2 aliphatic rings. The van der Waals surface area contributed by atoms with Gasteiger partial charge in [-0.25, -0.2) is 0 Å². The summed E-state index contributed by atoms with van der Waals surface area (Å²) >= 11 is 12.1. The van der Waals surface area contributed by atoms with Gasteiger partial charge in [-0.1, -0.05) is 40.9 Å². The summed E-state index contributed by atoms with van der Waals surface area (Å²) in [5.41, 5.74) is 0.920. The molecule has 1 N–H and O–H groups in total. The largest absolute Gasteiger partial charge is 0.467 e. The second-order valence-corrected chi connectivity index (χ2v) is 10.3. The Morgan fingerprint density at radius 2 is 1.68 bits per heavy atom. The molecule has 0 unspecified atom stereocenters. The van der Waals surface area contributed by atoms with Crippen molar-refractivity contribution in [3.05, 3.63) is 93.4 Å². The van der Waals surface area contributed by atoms with Crippen LogP contribution in [0.25, 0.3) is 0 Å². The van der Waals surface area contributed by atoms with Crippen LogP contribution in [0, 0.1) is 6.92 Å². The number of nitrogens with zero attached hydrogens (tertiary/aromatic N) is 2. The molecule has 3 aromatic rings. The standard InChI is InChI=1S/C28H27Cl2N3O5/c1-18-4-6-19(7-5-18)27(36)33-24(25(34)31-16-21-3-2-14-37-21)17-38-28(33)10-12-32(13-11-28)26(35)20-8-9-22(29)23(30)15-20/h2-9,14-15,24H,10-13,16-17H2,1H3,(H,31,34)/t24-/m0/s1. The van der Waals surface area contributed by atoms with Gasteiger partial charge in [-0.2, -0.15) is 0 Å². The summed E-state index contributed by atoms with van der Waals surface area (Å²) in [6.07, 6.45) is 2.26. The van der Waals surface area contributed by atoms with E-state index in [2.05, 4.69) is 5.32 Å². The van der Waals surface area contributed by atoms with Gasteiger partial charge in [0.2, 0.25) is 5.91 Å². The number of aryl methyl sites for hydroxylation is 1. The molecule has 3 heterocycles. The van der Waals surface area contributed by atoms with Crippen LogP contribution in [0.3, 0.4) is 0 Å². The summed E-state index contributed by atoms with van der Waals surface area (Å²) in [5.74, 6) is -0.184. The molecule has 2 aromatic carbocycles. The number of hydrogen-bond donors (Lipinski definition) is 1. The fraction of sp³-hybridized carbons (Fsp3) is 0.321. The highest BCUT2D eigenvalue weighted by Crippen LogP contribution is 2.39. The fourth-order valence-corrected chi connectivity index (χ4v) is 5.28. The van der Waals surface area contributed by atoms with Crippen molar-refractivity contribution in [1.82, 2.24) is 15.1 Å². The summed E-state index contributed by atoms with van der Waals surface area (Å²) < 4.78 is 11.6. The van der Waals surface area contributed by atoms with Crippen LogP contribution in [0.2, 0.25) is 10.0 Å². The first kappa shape index (κ1) is 26.3. The van der Waals surface area contributed by atoms with Crippen molar-refractivity contribution in [2.24, 2.45) is 0 Å². The van der Waals surface area contributed by atoms with E-state index in [0.717, 1.165) is 5.56 Å². The molecule has 5 rings (SSSR count). The van der Waals surface area contributed by atoms with Gasteiger partial charge in [-0.05, 0) is 49.4 Å². The molecule has 10 heteroatoms. The fourth-order valence-electron chi connectivity index (χ4n) is 4.98. The number of piperidine rings is 1. The third-order valence-electron chi connectivity index (χ3n) is 7.10. The van der Waals surface area contributed by atoms with Crippen molar-refractivity contribution in [3.8, 4) is 0 Å². The van der Waals surface area contributed by atoms with E-state index in [1.807, 2.05) is 19.1 Å². The van der Waals surface area contributed by atoms with Crippen molar-refractivity contribution in [2.75, 3.05) is 19.7 Å². The van der Waals surface area contributed by atoms with E-state index in [1.165, 1.54) is 6.26 Å². The number of rotatable bonds is 5. The van der Waals surface area contributed by atoms with Crippen LogP contribution >= 0.6 is 23.2 Å². The lowest BCUT2D eigenvalue weighted by atomic mass is 9.96. The lowest BCUT2D eigenvalue weighted by Crippen LogP contribution is -2.59. The minimum Gasteiger partial charge on any atom is -0.467 e. The zero-order valence-electron chi connectivity index (χ0n) is 20.8. The Morgan fingerprint density at radius 3 is 2.34 bits per heavy atom. The molecule has 2 fully saturated rings. The number of ether oxygens (including phenoxy) is 1. The highest BCUT2D eigenvalue weighted by Gasteiger charge is 2.54. The highest BCUT2D eigenvalue weighted by atomic mass is 35.5. The second-order valence-electron chi connectivity index (χ2n) is 9.53. The van der Waals surface area contributed by atoms with Crippen LogP contribution in [-0.4, -0.2) is 59.0 Å². The van der Waals surface area contributed by atoms with Gasteiger partial charge >= 0.3 is 0 Å². The van der Waals surface area contributed by atoms with Crippen LogP contribution < -0.4 is 5.32 Å². The Balaban J connectivity index is 1.36. The second kappa shape index (κ2) is 10.8. The number of carbonyl (C=O) groups excluding carboxylic acids is 3. The molecule has 1 spiro atoms. The van der Waals surface area contributed by atoms with Gasteiger partial charge in [-0.15, -0.1) is 0 Å². The number of halogens is 2. The SMILES string of the molecule is Cc1ccc(C(=O)N2[C@H](C(=O)NCc3ccco3)COC23CCN(C(=O)c2ccc(Cl)c(Cl)c2)CC3)cc1. The van der Waals surface area contributed by atoms with Crippen molar-refractivity contribution in [3.63, 3.8) is 0 Å².